The fourth-order valence-electron chi connectivity index (χ4n) is 3.25. The van der Waals surface area contributed by atoms with Crippen molar-refractivity contribution in [2.24, 2.45) is 0 Å². The first-order valence-corrected chi connectivity index (χ1v) is 8.52. The Hall–Kier alpha value is -2.82. The number of hydrogen-bond acceptors (Lipinski definition) is 5. The van der Waals surface area contributed by atoms with Crippen molar-refractivity contribution in [1.82, 2.24) is 0 Å². The lowest BCUT2D eigenvalue weighted by Gasteiger charge is -2.24. The Bertz CT molecular complexity index is 807. The fourth-order valence-corrected chi connectivity index (χ4v) is 3.25. The molecule has 1 N–H and O–H groups in total. The van der Waals surface area contributed by atoms with Crippen molar-refractivity contribution in [2.45, 2.75) is 19.3 Å². The first-order valence-electron chi connectivity index (χ1n) is 8.52. The molecule has 0 saturated heterocycles. The Morgan fingerprint density at radius 2 is 1.38 bits per heavy atom. The van der Waals surface area contributed by atoms with E-state index in [0.717, 1.165) is 29.5 Å². The molecule has 0 unspecified atom stereocenters. The molecule has 2 aromatic carbocycles. The smallest absolute Gasteiger partial charge is 0.203 e. The molecule has 26 heavy (non-hydrogen) atoms. The lowest BCUT2D eigenvalue weighted by molar-refractivity contribution is 0.324. The SMILES string of the molecule is COc1ccc(C(=C2CCC2)c2cc(OC)c(OC)c(OC)c2)cc1O. The van der Waals surface area contributed by atoms with Gasteiger partial charge in [0.1, 0.15) is 0 Å². The first-order chi connectivity index (χ1) is 12.6. The average molecular weight is 356 g/mol. The van der Waals surface area contributed by atoms with E-state index in [1.165, 1.54) is 12.0 Å². The maximum atomic E-state index is 10.2. The summed E-state index contributed by atoms with van der Waals surface area (Å²) in [6, 6.07) is 9.37. The molecule has 2 aromatic rings. The van der Waals surface area contributed by atoms with Gasteiger partial charge in [-0.2, -0.15) is 0 Å². The molecule has 0 aliphatic heterocycles. The molecule has 3 rings (SSSR count). The van der Waals surface area contributed by atoms with Crippen molar-refractivity contribution in [2.75, 3.05) is 28.4 Å². The number of aromatic hydroxyl groups is 1. The van der Waals surface area contributed by atoms with Crippen LogP contribution in [0.3, 0.4) is 0 Å². The van der Waals surface area contributed by atoms with Crippen molar-refractivity contribution < 1.29 is 24.1 Å². The van der Waals surface area contributed by atoms with Crippen LogP contribution in [0.15, 0.2) is 35.9 Å². The summed E-state index contributed by atoms with van der Waals surface area (Å²) in [6.07, 6.45) is 3.25. The summed E-state index contributed by atoms with van der Waals surface area (Å²) in [5.74, 6) is 2.36. The Morgan fingerprint density at radius 3 is 1.81 bits per heavy atom. The Labute approximate surface area is 153 Å². The zero-order chi connectivity index (χ0) is 18.7. The highest BCUT2D eigenvalue weighted by Gasteiger charge is 2.22. The molecule has 0 atom stereocenters. The number of benzene rings is 2. The molecule has 0 spiro atoms. The van der Waals surface area contributed by atoms with E-state index >= 15 is 0 Å². The molecule has 5 heteroatoms. The number of rotatable bonds is 6. The van der Waals surface area contributed by atoms with Crippen molar-refractivity contribution in [3.05, 3.63) is 47.0 Å². The van der Waals surface area contributed by atoms with E-state index in [0.29, 0.717) is 23.0 Å². The van der Waals surface area contributed by atoms with Crippen LogP contribution in [0.1, 0.15) is 30.4 Å². The van der Waals surface area contributed by atoms with Crippen molar-refractivity contribution >= 4 is 5.57 Å². The van der Waals surface area contributed by atoms with Crippen LogP contribution in [0.2, 0.25) is 0 Å². The predicted molar refractivity (Wildman–Crippen MR) is 101 cm³/mol. The van der Waals surface area contributed by atoms with Crippen LogP contribution in [0.25, 0.3) is 5.57 Å². The minimum Gasteiger partial charge on any atom is -0.504 e. The topological polar surface area (TPSA) is 57.2 Å². The van der Waals surface area contributed by atoms with Gasteiger partial charge in [0, 0.05) is 0 Å². The standard InChI is InChI=1S/C21H24O5/c1-23-17-9-8-14(10-16(17)22)20(13-6-5-7-13)15-11-18(24-2)21(26-4)19(12-15)25-3/h8-12,22H,5-7H2,1-4H3. The average Bonchev–Trinajstić information content (AvgIpc) is 2.63. The third-order valence-corrected chi connectivity index (χ3v) is 4.73. The van der Waals surface area contributed by atoms with Crippen LogP contribution >= 0.6 is 0 Å². The lowest BCUT2D eigenvalue weighted by atomic mass is 9.82. The summed E-state index contributed by atoms with van der Waals surface area (Å²) in [5, 5.41) is 10.2. The van der Waals surface area contributed by atoms with Gasteiger partial charge in [-0.1, -0.05) is 11.6 Å². The van der Waals surface area contributed by atoms with Gasteiger partial charge in [0.2, 0.25) is 5.75 Å². The van der Waals surface area contributed by atoms with Crippen LogP contribution < -0.4 is 18.9 Å². The zero-order valence-corrected chi connectivity index (χ0v) is 15.6. The van der Waals surface area contributed by atoms with Gasteiger partial charge < -0.3 is 24.1 Å². The quantitative estimate of drug-likeness (QED) is 0.831. The fraction of sp³-hybridized carbons (Fsp3) is 0.333. The molecule has 0 heterocycles. The summed E-state index contributed by atoms with van der Waals surface area (Å²) in [6.45, 7) is 0. The summed E-state index contributed by atoms with van der Waals surface area (Å²) in [7, 11) is 6.35. The molecule has 138 valence electrons. The second kappa shape index (κ2) is 7.60. The van der Waals surface area contributed by atoms with E-state index in [1.54, 1.807) is 40.6 Å². The van der Waals surface area contributed by atoms with Gasteiger partial charge in [0.15, 0.2) is 23.0 Å². The van der Waals surface area contributed by atoms with E-state index in [9.17, 15) is 5.11 Å². The van der Waals surface area contributed by atoms with E-state index < -0.39 is 0 Å². The number of ether oxygens (including phenoxy) is 4. The predicted octanol–water partition coefficient (Wildman–Crippen LogP) is 4.41. The second-order valence-electron chi connectivity index (χ2n) is 6.13. The zero-order valence-electron chi connectivity index (χ0n) is 15.6. The van der Waals surface area contributed by atoms with Gasteiger partial charge in [0.25, 0.3) is 0 Å². The van der Waals surface area contributed by atoms with E-state index in [2.05, 4.69) is 0 Å². The summed E-state index contributed by atoms with van der Waals surface area (Å²) < 4.78 is 21.6. The Morgan fingerprint density at radius 1 is 0.769 bits per heavy atom. The highest BCUT2D eigenvalue weighted by Crippen LogP contribution is 2.45. The van der Waals surface area contributed by atoms with Crippen molar-refractivity contribution in [1.29, 1.82) is 0 Å². The number of hydrogen-bond donors (Lipinski definition) is 1. The maximum Gasteiger partial charge on any atom is 0.203 e. The Kier molecular flexibility index (Phi) is 5.26. The highest BCUT2D eigenvalue weighted by molar-refractivity contribution is 5.85. The molecular weight excluding hydrogens is 332 g/mol. The number of allylic oxidation sites excluding steroid dienone is 1. The van der Waals surface area contributed by atoms with Crippen LogP contribution in [0, 0.1) is 0 Å². The maximum absolute atomic E-state index is 10.2. The summed E-state index contributed by atoms with van der Waals surface area (Å²) in [5.41, 5.74) is 4.35. The summed E-state index contributed by atoms with van der Waals surface area (Å²) in [4.78, 5) is 0. The Balaban J connectivity index is 2.18. The third kappa shape index (κ3) is 3.17. The molecule has 1 aliphatic carbocycles. The molecule has 0 aromatic heterocycles. The van der Waals surface area contributed by atoms with Gasteiger partial charge in [-0.3, -0.25) is 0 Å². The monoisotopic (exact) mass is 356 g/mol. The van der Waals surface area contributed by atoms with E-state index in [1.807, 2.05) is 18.2 Å². The van der Waals surface area contributed by atoms with Gasteiger partial charge in [-0.25, -0.2) is 0 Å². The molecule has 0 bridgehead atoms. The largest absolute Gasteiger partial charge is 0.504 e. The minimum absolute atomic E-state index is 0.120. The van der Waals surface area contributed by atoms with E-state index in [4.69, 9.17) is 18.9 Å². The molecular formula is C21H24O5. The van der Waals surface area contributed by atoms with Crippen molar-refractivity contribution in [3.63, 3.8) is 0 Å². The van der Waals surface area contributed by atoms with Gasteiger partial charge in [-0.15, -0.1) is 0 Å². The van der Waals surface area contributed by atoms with Gasteiger partial charge >= 0.3 is 0 Å². The van der Waals surface area contributed by atoms with Gasteiger partial charge in [-0.05, 0) is 60.2 Å². The highest BCUT2D eigenvalue weighted by atomic mass is 16.5. The number of phenolic OH excluding ortho intramolecular Hbond substituents is 1. The molecule has 0 amide bonds. The van der Waals surface area contributed by atoms with Crippen LogP contribution in [0.4, 0.5) is 0 Å². The van der Waals surface area contributed by atoms with Crippen LogP contribution in [-0.2, 0) is 0 Å². The third-order valence-electron chi connectivity index (χ3n) is 4.73. The van der Waals surface area contributed by atoms with Crippen LogP contribution in [0.5, 0.6) is 28.7 Å². The number of phenols is 1. The first kappa shape index (κ1) is 18.0. The number of methoxy groups -OCH3 is 4. The summed E-state index contributed by atoms with van der Waals surface area (Å²) >= 11 is 0. The van der Waals surface area contributed by atoms with Crippen LogP contribution in [-0.4, -0.2) is 33.5 Å². The van der Waals surface area contributed by atoms with E-state index in [-0.39, 0.29) is 5.75 Å². The molecule has 1 saturated carbocycles. The molecule has 5 nitrogen and oxygen atoms in total. The molecule has 1 aliphatic rings. The normalized spacial score (nSPS) is 13.0. The minimum atomic E-state index is 0.120. The molecule has 1 fully saturated rings. The molecule has 0 radical (unpaired) electrons. The lowest BCUT2D eigenvalue weighted by Crippen LogP contribution is -2.04. The van der Waals surface area contributed by atoms with Crippen molar-refractivity contribution in [3.8, 4) is 28.7 Å². The second-order valence-corrected chi connectivity index (χ2v) is 6.13. The van der Waals surface area contributed by atoms with Gasteiger partial charge in [0.05, 0.1) is 28.4 Å².